The fourth-order valence-electron chi connectivity index (χ4n) is 2.28. The van der Waals surface area contributed by atoms with E-state index in [1.807, 2.05) is 13.8 Å². The number of β-amino-alcohol motifs (C(OH)–C–C–N with tert-alkyl or cyclic N) is 1. The summed E-state index contributed by atoms with van der Waals surface area (Å²) in [5.74, 6) is 0.208. The molecule has 1 aliphatic rings. The molecule has 1 heterocycles. The first kappa shape index (κ1) is 15.9. The lowest BCUT2D eigenvalue weighted by molar-refractivity contribution is 0.0341. The molecular formula is C12H26N2O3S. The average Bonchev–Trinajstić information content (AvgIpc) is 2.18. The summed E-state index contributed by atoms with van der Waals surface area (Å²) in [5.41, 5.74) is 0. The molecule has 1 aliphatic heterocycles. The predicted octanol–water partition coefficient (Wildman–Crippen LogP) is 0.405. The predicted molar refractivity (Wildman–Crippen MR) is 72.9 cm³/mol. The number of hydrogen-bond donors (Lipinski definition) is 2. The summed E-state index contributed by atoms with van der Waals surface area (Å²) in [6, 6.07) is 0.0385. The van der Waals surface area contributed by atoms with E-state index in [1.165, 1.54) is 0 Å². The van der Waals surface area contributed by atoms with Gasteiger partial charge in [0.05, 0.1) is 17.9 Å². The van der Waals surface area contributed by atoms with Crippen LogP contribution in [0.5, 0.6) is 0 Å². The lowest BCUT2D eigenvalue weighted by Gasteiger charge is -2.38. The van der Waals surface area contributed by atoms with E-state index < -0.39 is 16.1 Å². The molecule has 0 saturated carbocycles. The van der Waals surface area contributed by atoms with Crippen LogP contribution in [0.2, 0.25) is 0 Å². The first-order valence-corrected chi connectivity index (χ1v) is 8.28. The maximum absolute atomic E-state index is 11.8. The summed E-state index contributed by atoms with van der Waals surface area (Å²) in [7, 11) is -3.28. The van der Waals surface area contributed by atoms with E-state index in [1.54, 1.807) is 0 Å². The van der Waals surface area contributed by atoms with Crippen molar-refractivity contribution in [2.24, 2.45) is 5.92 Å². The van der Waals surface area contributed by atoms with Crippen LogP contribution in [-0.4, -0.2) is 55.5 Å². The lowest BCUT2D eigenvalue weighted by atomic mass is 10.0. The van der Waals surface area contributed by atoms with E-state index in [4.69, 9.17) is 0 Å². The second kappa shape index (κ2) is 6.32. The van der Waals surface area contributed by atoms with Gasteiger partial charge >= 0.3 is 0 Å². The minimum absolute atomic E-state index is 0.0930. The molecular weight excluding hydrogens is 252 g/mol. The van der Waals surface area contributed by atoms with Crippen LogP contribution < -0.4 is 4.72 Å². The number of nitrogens with zero attached hydrogens (tertiary/aromatic N) is 1. The molecule has 2 atom stereocenters. The highest BCUT2D eigenvalue weighted by molar-refractivity contribution is 7.89. The maximum atomic E-state index is 11.8. The molecule has 0 aromatic rings. The minimum Gasteiger partial charge on any atom is -0.390 e. The SMILES string of the molecule is CC(C)CS(=O)(=O)NC1CCN(C(C)C)CC1O. The Labute approximate surface area is 111 Å². The number of nitrogens with one attached hydrogen (secondary N) is 1. The van der Waals surface area contributed by atoms with Gasteiger partial charge in [-0.15, -0.1) is 0 Å². The molecule has 0 aromatic heterocycles. The number of aliphatic hydroxyl groups is 1. The third-order valence-corrected chi connectivity index (χ3v) is 4.99. The van der Waals surface area contributed by atoms with Crippen molar-refractivity contribution in [3.05, 3.63) is 0 Å². The second-order valence-electron chi connectivity index (χ2n) is 5.84. The van der Waals surface area contributed by atoms with Crippen molar-refractivity contribution in [2.45, 2.75) is 52.3 Å². The van der Waals surface area contributed by atoms with Gasteiger partial charge in [0.25, 0.3) is 0 Å². The molecule has 2 unspecified atom stereocenters. The molecule has 0 spiro atoms. The Hall–Kier alpha value is -0.170. The fourth-order valence-corrected chi connectivity index (χ4v) is 3.99. The van der Waals surface area contributed by atoms with Crippen LogP contribution in [-0.2, 0) is 10.0 Å². The summed E-state index contributed by atoms with van der Waals surface area (Å²) < 4.78 is 26.3. The zero-order chi connectivity index (χ0) is 13.9. The lowest BCUT2D eigenvalue weighted by Crippen LogP contribution is -2.55. The third kappa shape index (κ3) is 4.84. The summed E-state index contributed by atoms with van der Waals surface area (Å²) in [5, 5.41) is 10.0. The molecule has 1 fully saturated rings. The Morgan fingerprint density at radius 2 is 1.94 bits per heavy atom. The molecule has 18 heavy (non-hydrogen) atoms. The van der Waals surface area contributed by atoms with Crippen molar-refractivity contribution in [3.63, 3.8) is 0 Å². The van der Waals surface area contributed by atoms with E-state index in [0.29, 0.717) is 19.0 Å². The zero-order valence-electron chi connectivity index (χ0n) is 11.8. The topological polar surface area (TPSA) is 69.6 Å². The van der Waals surface area contributed by atoms with Crippen molar-refractivity contribution in [1.82, 2.24) is 9.62 Å². The summed E-state index contributed by atoms with van der Waals surface area (Å²) >= 11 is 0. The summed E-state index contributed by atoms with van der Waals surface area (Å²) in [6.07, 6.45) is 0.0412. The first-order valence-electron chi connectivity index (χ1n) is 6.63. The van der Waals surface area contributed by atoms with Crippen molar-refractivity contribution in [3.8, 4) is 0 Å². The number of likely N-dealkylation sites (tertiary alicyclic amines) is 1. The van der Waals surface area contributed by atoms with Crippen molar-refractivity contribution >= 4 is 10.0 Å². The van der Waals surface area contributed by atoms with E-state index in [9.17, 15) is 13.5 Å². The fraction of sp³-hybridized carbons (Fsp3) is 1.00. The Morgan fingerprint density at radius 3 is 2.39 bits per heavy atom. The van der Waals surface area contributed by atoms with Gasteiger partial charge in [-0.2, -0.15) is 0 Å². The van der Waals surface area contributed by atoms with Crippen molar-refractivity contribution in [2.75, 3.05) is 18.8 Å². The van der Waals surface area contributed by atoms with E-state index in [0.717, 1.165) is 6.54 Å². The van der Waals surface area contributed by atoms with Gasteiger partial charge in [0.1, 0.15) is 0 Å². The van der Waals surface area contributed by atoms with Gasteiger partial charge in [-0.05, 0) is 26.2 Å². The van der Waals surface area contributed by atoms with E-state index >= 15 is 0 Å². The van der Waals surface area contributed by atoms with Crippen LogP contribution in [0, 0.1) is 5.92 Å². The standard InChI is InChI=1S/C12H26N2O3S/c1-9(2)8-18(16,17)13-11-5-6-14(10(3)4)7-12(11)15/h9-13,15H,5-8H2,1-4H3. The van der Waals surface area contributed by atoms with E-state index in [2.05, 4.69) is 23.5 Å². The van der Waals surface area contributed by atoms with Crippen LogP contribution in [0.4, 0.5) is 0 Å². The molecule has 1 saturated heterocycles. The van der Waals surface area contributed by atoms with Crippen LogP contribution >= 0.6 is 0 Å². The van der Waals surface area contributed by atoms with Gasteiger partial charge in [-0.25, -0.2) is 13.1 Å². The first-order chi connectivity index (χ1) is 8.21. The van der Waals surface area contributed by atoms with Gasteiger partial charge in [0.15, 0.2) is 0 Å². The highest BCUT2D eigenvalue weighted by Gasteiger charge is 2.31. The average molecular weight is 278 g/mol. The number of hydrogen-bond acceptors (Lipinski definition) is 4. The van der Waals surface area contributed by atoms with Gasteiger partial charge in [0, 0.05) is 19.1 Å². The second-order valence-corrected chi connectivity index (χ2v) is 7.64. The molecule has 0 bridgehead atoms. The smallest absolute Gasteiger partial charge is 0.212 e. The van der Waals surface area contributed by atoms with Gasteiger partial charge in [-0.3, -0.25) is 4.90 Å². The quantitative estimate of drug-likeness (QED) is 0.764. The Balaban J connectivity index is 2.55. The van der Waals surface area contributed by atoms with Gasteiger partial charge in [0.2, 0.25) is 10.0 Å². The van der Waals surface area contributed by atoms with Crippen LogP contribution in [0.25, 0.3) is 0 Å². The summed E-state index contributed by atoms with van der Waals surface area (Å²) in [6.45, 7) is 9.26. The van der Waals surface area contributed by atoms with Crippen molar-refractivity contribution < 1.29 is 13.5 Å². The number of piperidine rings is 1. The Morgan fingerprint density at radius 1 is 1.33 bits per heavy atom. The Bertz CT molecular complexity index is 354. The van der Waals surface area contributed by atoms with Gasteiger partial charge in [-0.1, -0.05) is 13.8 Å². The number of sulfonamides is 1. The van der Waals surface area contributed by atoms with Crippen LogP contribution in [0.1, 0.15) is 34.1 Å². The molecule has 2 N–H and O–H groups in total. The van der Waals surface area contributed by atoms with E-state index in [-0.39, 0.29) is 17.7 Å². The highest BCUT2D eigenvalue weighted by atomic mass is 32.2. The highest BCUT2D eigenvalue weighted by Crippen LogP contribution is 2.15. The van der Waals surface area contributed by atoms with Crippen molar-refractivity contribution in [1.29, 1.82) is 0 Å². The molecule has 0 amide bonds. The molecule has 0 aliphatic carbocycles. The number of aliphatic hydroxyl groups excluding tert-OH is 1. The van der Waals surface area contributed by atoms with Crippen LogP contribution in [0.15, 0.2) is 0 Å². The largest absolute Gasteiger partial charge is 0.390 e. The Kier molecular flexibility index (Phi) is 5.58. The molecule has 1 rings (SSSR count). The number of rotatable bonds is 5. The molecule has 0 radical (unpaired) electrons. The minimum atomic E-state index is -3.28. The normalized spacial score (nSPS) is 27.1. The molecule has 5 nitrogen and oxygen atoms in total. The molecule has 108 valence electrons. The monoisotopic (exact) mass is 278 g/mol. The zero-order valence-corrected chi connectivity index (χ0v) is 12.6. The molecule has 0 aromatic carbocycles. The summed E-state index contributed by atoms with van der Waals surface area (Å²) in [4.78, 5) is 2.16. The third-order valence-electron chi connectivity index (χ3n) is 3.23. The molecule has 6 heteroatoms. The van der Waals surface area contributed by atoms with Gasteiger partial charge < -0.3 is 5.11 Å². The maximum Gasteiger partial charge on any atom is 0.212 e. The van der Waals surface area contributed by atoms with Crippen LogP contribution in [0.3, 0.4) is 0 Å².